The van der Waals surface area contributed by atoms with Gasteiger partial charge in [0.15, 0.2) is 0 Å². The predicted molar refractivity (Wildman–Crippen MR) is 75.1 cm³/mol. The van der Waals surface area contributed by atoms with Crippen LogP contribution in [0.5, 0.6) is 0 Å². The average molecular weight is 227 g/mol. The molecule has 0 bridgehead atoms. The molecule has 0 saturated carbocycles. The summed E-state index contributed by atoms with van der Waals surface area (Å²) in [6.07, 6.45) is 1.24. The lowest BCUT2D eigenvalue weighted by atomic mass is 10.1. The Morgan fingerprint density at radius 2 is 1.82 bits per heavy atom. The predicted octanol–water partition coefficient (Wildman–Crippen LogP) is 3.98. The van der Waals surface area contributed by atoms with Gasteiger partial charge in [-0.05, 0) is 34.9 Å². The standard InChI is InChI=1S/C16H21N/c1-3-13(2)11-17-12-14-8-9-15-6-4-5-7-16(15)10-14/h4-10,13,17H,3,11-12H2,1-2H3. The smallest absolute Gasteiger partial charge is 0.0205 e. The molecule has 0 saturated heterocycles. The first kappa shape index (κ1) is 12.1. The van der Waals surface area contributed by atoms with Gasteiger partial charge in [-0.2, -0.15) is 0 Å². The maximum absolute atomic E-state index is 3.52. The van der Waals surface area contributed by atoms with Crippen molar-refractivity contribution in [3.8, 4) is 0 Å². The van der Waals surface area contributed by atoms with Gasteiger partial charge in [0.1, 0.15) is 0 Å². The Morgan fingerprint density at radius 3 is 2.59 bits per heavy atom. The van der Waals surface area contributed by atoms with E-state index in [0.717, 1.165) is 19.0 Å². The minimum atomic E-state index is 0.760. The molecule has 2 rings (SSSR count). The number of hydrogen-bond donors (Lipinski definition) is 1. The normalized spacial score (nSPS) is 12.8. The van der Waals surface area contributed by atoms with Gasteiger partial charge in [-0.3, -0.25) is 0 Å². The Kier molecular flexibility index (Phi) is 4.16. The second kappa shape index (κ2) is 5.83. The van der Waals surface area contributed by atoms with Crippen molar-refractivity contribution in [2.45, 2.75) is 26.8 Å². The Labute approximate surface area is 104 Å². The van der Waals surface area contributed by atoms with E-state index >= 15 is 0 Å². The molecule has 0 spiro atoms. The molecule has 0 aliphatic rings. The van der Waals surface area contributed by atoms with E-state index in [1.54, 1.807) is 0 Å². The fourth-order valence-corrected chi connectivity index (χ4v) is 1.96. The maximum Gasteiger partial charge on any atom is 0.0205 e. The lowest BCUT2D eigenvalue weighted by Crippen LogP contribution is -2.20. The van der Waals surface area contributed by atoms with Gasteiger partial charge in [-0.15, -0.1) is 0 Å². The lowest BCUT2D eigenvalue weighted by Gasteiger charge is -2.10. The van der Waals surface area contributed by atoms with Crippen LogP contribution in [0.25, 0.3) is 10.8 Å². The Balaban J connectivity index is 1.99. The van der Waals surface area contributed by atoms with Gasteiger partial charge in [0.2, 0.25) is 0 Å². The van der Waals surface area contributed by atoms with Gasteiger partial charge in [0.25, 0.3) is 0 Å². The SMILES string of the molecule is CCC(C)CNCc1ccc2ccccc2c1. The van der Waals surface area contributed by atoms with Crippen LogP contribution in [0.4, 0.5) is 0 Å². The molecule has 2 aromatic rings. The molecule has 1 nitrogen and oxygen atoms in total. The third-order valence-corrected chi connectivity index (χ3v) is 3.33. The molecular formula is C16H21N. The number of fused-ring (bicyclic) bond motifs is 1. The number of benzene rings is 2. The second-order valence-corrected chi connectivity index (χ2v) is 4.83. The molecule has 1 atom stereocenters. The summed E-state index contributed by atoms with van der Waals surface area (Å²) in [5.74, 6) is 0.760. The van der Waals surface area contributed by atoms with Crippen LogP contribution in [-0.2, 0) is 6.54 Å². The zero-order valence-electron chi connectivity index (χ0n) is 10.7. The molecule has 1 heteroatoms. The topological polar surface area (TPSA) is 12.0 Å². The fraction of sp³-hybridized carbons (Fsp3) is 0.375. The highest BCUT2D eigenvalue weighted by Crippen LogP contribution is 2.15. The molecule has 0 heterocycles. The van der Waals surface area contributed by atoms with Crippen LogP contribution in [0.2, 0.25) is 0 Å². The minimum absolute atomic E-state index is 0.760. The lowest BCUT2D eigenvalue weighted by molar-refractivity contribution is 0.500. The zero-order chi connectivity index (χ0) is 12.1. The summed E-state index contributed by atoms with van der Waals surface area (Å²) in [5, 5.41) is 6.16. The quantitative estimate of drug-likeness (QED) is 0.814. The summed E-state index contributed by atoms with van der Waals surface area (Å²) in [6, 6.07) is 15.2. The van der Waals surface area contributed by atoms with E-state index in [1.807, 2.05) is 0 Å². The van der Waals surface area contributed by atoms with Crippen LogP contribution >= 0.6 is 0 Å². The second-order valence-electron chi connectivity index (χ2n) is 4.83. The Morgan fingerprint density at radius 1 is 1.06 bits per heavy atom. The van der Waals surface area contributed by atoms with Crippen molar-refractivity contribution in [3.05, 3.63) is 48.0 Å². The minimum Gasteiger partial charge on any atom is -0.312 e. The van der Waals surface area contributed by atoms with E-state index in [9.17, 15) is 0 Å². The fourth-order valence-electron chi connectivity index (χ4n) is 1.96. The van der Waals surface area contributed by atoms with Crippen molar-refractivity contribution in [1.29, 1.82) is 0 Å². The molecule has 0 fully saturated rings. The molecule has 0 radical (unpaired) electrons. The third kappa shape index (κ3) is 3.31. The highest BCUT2D eigenvalue weighted by atomic mass is 14.8. The van der Waals surface area contributed by atoms with E-state index in [0.29, 0.717) is 0 Å². The van der Waals surface area contributed by atoms with Gasteiger partial charge < -0.3 is 5.32 Å². The molecule has 90 valence electrons. The van der Waals surface area contributed by atoms with E-state index in [-0.39, 0.29) is 0 Å². The highest BCUT2D eigenvalue weighted by molar-refractivity contribution is 5.82. The van der Waals surface area contributed by atoms with Gasteiger partial charge in [-0.25, -0.2) is 0 Å². The molecule has 0 amide bonds. The molecule has 1 unspecified atom stereocenters. The van der Waals surface area contributed by atoms with Crippen molar-refractivity contribution < 1.29 is 0 Å². The van der Waals surface area contributed by atoms with E-state index < -0.39 is 0 Å². The Bertz CT molecular complexity index is 476. The first-order valence-electron chi connectivity index (χ1n) is 6.48. The maximum atomic E-state index is 3.52. The van der Waals surface area contributed by atoms with Crippen molar-refractivity contribution in [1.82, 2.24) is 5.32 Å². The van der Waals surface area contributed by atoms with Crippen LogP contribution < -0.4 is 5.32 Å². The molecule has 0 aliphatic carbocycles. The molecule has 17 heavy (non-hydrogen) atoms. The molecule has 0 aromatic heterocycles. The van der Waals surface area contributed by atoms with Gasteiger partial charge in [0, 0.05) is 6.54 Å². The van der Waals surface area contributed by atoms with Crippen LogP contribution in [0.3, 0.4) is 0 Å². The molecular weight excluding hydrogens is 206 g/mol. The summed E-state index contributed by atoms with van der Waals surface area (Å²) in [5.41, 5.74) is 1.37. The van der Waals surface area contributed by atoms with E-state index in [4.69, 9.17) is 0 Å². The van der Waals surface area contributed by atoms with Crippen molar-refractivity contribution >= 4 is 10.8 Å². The average Bonchev–Trinajstić information content (AvgIpc) is 2.38. The third-order valence-electron chi connectivity index (χ3n) is 3.33. The monoisotopic (exact) mass is 227 g/mol. The summed E-state index contributed by atoms with van der Waals surface area (Å²) in [7, 11) is 0. The first-order chi connectivity index (χ1) is 8.29. The van der Waals surface area contributed by atoms with Crippen molar-refractivity contribution in [3.63, 3.8) is 0 Å². The summed E-state index contributed by atoms with van der Waals surface area (Å²) in [6.45, 7) is 6.59. The largest absolute Gasteiger partial charge is 0.312 e. The van der Waals surface area contributed by atoms with Crippen LogP contribution in [0.1, 0.15) is 25.8 Å². The van der Waals surface area contributed by atoms with Gasteiger partial charge in [-0.1, -0.05) is 56.7 Å². The van der Waals surface area contributed by atoms with E-state index in [2.05, 4.69) is 61.6 Å². The van der Waals surface area contributed by atoms with Crippen LogP contribution in [0.15, 0.2) is 42.5 Å². The summed E-state index contributed by atoms with van der Waals surface area (Å²) in [4.78, 5) is 0. The van der Waals surface area contributed by atoms with E-state index in [1.165, 1.54) is 22.8 Å². The molecule has 1 N–H and O–H groups in total. The van der Waals surface area contributed by atoms with Crippen molar-refractivity contribution in [2.75, 3.05) is 6.54 Å². The number of hydrogen-bond acceptors (Lipinski definition) is 1. The van der Waals surface area contributed by atoms with Crippen LogP contribution in [-0.4, -0.2) is 6.54 Å². The number of rotatable bonds is 5. The zero-order valence-corrected chi connectivity index (χ0v) is 10.7. The van der Waals surface area contributed by atoms with Gasteiger partial charge >= 0.3 is 0 Å². The highest BCUT2D eigenvalue weighted by Gasteiger charge is 1.99. The molecule has 2 aromatic carbocycles. The van der Waals surface area contributed by atoms with Crippen molar-refractivity contribution in [2.24, 2.45) is 5.92 Å². The first-order valence-corrected chi connectivity index (χ1v) is 6.48. The number of nitrogens with one attached hydrogen (secondary N) is 1. The van der Waals surface area contributed by atoms with Gasteiger partial charge in [0.05, 0.1) is 0 Å². The summed E-state index contributed by atoms with van der Waals surface area (Å²) < 4.78 is 0. The summed E-state index contributed by atoms with van der Waals surface area (Å²) >= 11 is 0. The Hall–Kier alpha value is -1.34. The van der Waals surface area contributed by atoms with Crippen LogP contribution in [0, 0.1) is 5.92 Å². The molecule has 0 aliphatic heterocycles.